The van der Waals surface area contributed by atoms with E-state index in [1.54, 1.807) is 30.3 Å². The summed E-state index contributed by atoms with van der Waals surface area (Å²) in [5.74, 6) is -0.711. The van der Waals surface area contributed by atoms with Crippen molar-refractivity contribution >= 4 is 17.3 Å². The Bertz CT molecular complexity index is 1040. The molecule has 0 aliphatic heterocycles. The van der Waals surface area contributed by atoms with Gasteiger partial charge in [-0.15, -0.1) is 0 Å². The molecule has 10 nitrogen and oxygen atoms in total. The highest BCUT2D eigenvalue weighted by Gasteiger charge is 2.25. The van der Waals surface area contributed by atoms with Gasteiger partial charge in [0, 0.05) is 17.8 Å². The minimum absolute atomic E-state index is 0.0158. The average Bonchev–Trinajstić information content (AvgIpc) is 3.12. The van der Waals surface area contributed by atoms with Crippen LogP contribution in [0.25, 0.3) is 16.8 Å². The van der Waals surface area contributed by atoms with Gasteiger partial charge in [0.25, 0.3) is 5.69 Å². The summed E-state index contributed by atoms with van der Waals surface area (Å²) in [7, 11) is 1.20. The normalized spacial score (nSPS) is 10.4. The zero-order valence-corrected chi connectivity index (χ0v) is 13.9. The third-order valence-corrected chi connectivity index (χ3v) is 3.79. The molecule has 0 atom stereocenters. The number of methoxy groups -OCH3 is 1. The van der Waals surface area contributed by atoms with Crippen molar-refractivity contribution in [1.82, 2.24) is 9.78 Å². The van der Waals surface area contributed by atoms with Crippen molar-refractivity contribution in [3.05, 3.63) is 80.7 Å². The van der Waals surface area contributed by atoms with E-state index in [4.69, 9.17) is 4.74 Å². The molecule has 3 rings (SSSR count). The fourth-order valence-corrected chi connectivity index (χ4v) is 2.54. The lowest BCUT2D eigenvalue weighted by Gasteiger charge is -2.02. The summed E-state index contributed by atoms with van der Waals surface area (Å²) < 4.78 is 5.87. The van der Waals surface area contributed by atoms with Gasteiger partial charge in [-0.25, -0.2) is 9.48 Å². The standard InChI is InChI=1S/C17H12N4O6/c1-27-17(22)16-13(11-5-3-2-4-6-11)10-19(18-16)14-8-7-12(20(23)24)9-15(14)21(25)26/h2-10H,1H3. The first-order chi connectivity index (χ1) is 12.9. The molecule has 0 aliphatic rings. The van der Waals surface area contributed by atoms with Crippen LogP contribution in [-0.2, 0) is 4.74 Å². The summed E-state index contributed by atoms with van der Waals surface area (Å²) in [6, 6.07) is 12.0. The number of nitro groups is 2. The lowest BCUT2D eigenvalue weighted by Crippen LogP contribution is -2.06. The first-order valence-electron chi connectivity index (χ1n) is 7.59. The number of hydrogen-bond donors (Lipinski definition) is 0. The molecule has 0 saturated carbocycles. The zero-order valence-electron chi connectivity index (χ0n) is 13.9. The molecule has 0 fully saturated rings. The quantitative estimate of drug-likeness (QED) is 0.384. The van der Waals surface area contributed by atoms with Gasteiger partial charge in [0.2, 0.25) is 0 Å². The fourth-order valence-electron chi connectivity index (χ4n) is 2.54. The van der Waals surface area contributed by atoms with Crippen LogP contribution in [0.2, 0.25) is 0 Å². The van der Waals surface area contributed by atoms with Crippen LogP contribution in [0.15, 0.2) is 54.7 Å². The summed E-state index contributed by atoms with van der Waals surface area (Å²) in [5, 5.41) is 26.4. The Kier molecular flexibility index (Phi) is 4.62. The van der Waals surface area contributed by atoms with E-state index in [1.165, 1.54) is 19.4 Å². The van der Waals surface area contributed by atoms with Gasteiger partial charge in [-0.2, -0.15) is 5.10 Å². The van der Waals surface area contributed by atoms with Crippen LogP contribution in [-0.4, -0.2) is 32.7 Å². The molecule has 0 aliphatic carbocycles. The summed E-state index contributed by atoms with van der Waals surface area (Å²) in [5.41, 5.74) is 0.0925. The average molecular weight is 368 g/mol. The molecule has 10 heteroatoms. The van der Waals surface area contributed by atoms with E-state index in [0.29, 0.717) is 11.1 Å². The molecule has 0 saturated heterocycles. The zero-order chi connectivity index (χ0) is 19.6. The number of ether oxygens (including phenoxy) is 1. The monoisotopic (exact) mass is 368 g/mol. The SMILES string of the molecule is COC(=O)c1nn(-c2ccc([N+](=O)[O-])cc2[N+](=O)[O-])cc1-c1ccccc1. The molecule has 136 valence electrons. The van der Waals surface area contributed by atoms with Gasteiger partial charge in [0.05, 0.1) is 23.0 Å². The fraction of sp³-hybridized carbons (Fsp3) is 0.0588. The highest BCUT2D eigenvalue weighted by Crippen LogP contribution is 2.30. The maximum Gasteiger partial charge on any atom is 0.359 e. The second-order valence-electron chi connectivity index (χ2n) is 5.38. The van der Waals surface area contributed by atoms with Gasteiger partial charge in [-0.3, -0.25) is 20.2 Å². The number of carbonyl (C=O) groups excluding carboxylic acids is 1. The molecule has 0 spiro atoms. The molecule has 2 aromatic carbocycles. The van der Waals surface area contributed by atoms with E-state index in [9.17, 15) is 25.0 Å². The number of carbonyl (C=O) groups is 1. The number of nitro benzene ring substituents is 2. The van der Waals surface area contributed by atoms with Gasteiger partial charge in [0.1, 0.15) is 5.69 Å². The maximum absolute atomic E-state index is 12.1. The Balaban J connectivity index is 2.21. The molecular weight excluding hydrogens is 356 g/mol. The highest BCUT2D eigenvalue weighted by atomic mass is 16.6. The van der Waals surface area contributed by atoms with Crippen molar-refractivity contribution in [3.63, 3.8) is 0 Å². The van der Waals surface area contributed by atoms with Crippen molar-refractivity contribution < 1.29 is 19.4 Å². The largest absolute Gasteiger partial charge is 0.464 e. The number of hydrogen-bond acceptors (Lipinski definition) is 7. The maximum atomic E-state index is 12.1. The van der Waals surface area contributed by atoms with Crippen molar-refractivity contribution in [2.45, 2.75) is 0 Å². The Labute approximate surface area is 151 Å². The van der Waals surface area contributed by atoms with E-state index >= 15 is 0 Å². The van der Waals surface area contributed by atoms with E-state index in [2.05, 4.69) is 5.10 Å². The summed E-state index contributed by atoms with van der Waals surface area (Å²) in [6.45, 7) is 0. The van der Waals surface area contributed by atoms with Crippen LogP contribution in [0.4, 0.5) is 11.4 Å². The van der Waals surface area contributed by atoms with Crippen LogP contribution >= 0.6 is 0 Å². The van der Waals surface area contributed by atoms with E-state index in [-0.39, 0.29) is 11.4 Å². The number of esters is 1. The predicted molar refractivity (Wildman–Crippen MR) is 93.6 cm³/mol. The van der Waals surface area contributed by atoms with Crippen LogP contribution in [0.1, 0.15) is 10.5 Å². The predicted octanol–water partition coefficient (Wildman–Crippen LogP) is 3.14. The van der Waals surface area contributed by atoms with Gasteiger partial charge in [-0.05, 0) is 11.6 Å². The topological polar surface area (TPSA) is 130 Å². The lowest BCUT2D eigenvalue weighted by atomic mass is 10.1. The Hall–Kier alpha value is -4.08. The molecule has 0 amide bonds. The second kappa shape index (κ2) is 7.04. The Morgan fingerprint density at radius 3 is 2.37 bits per heavy atom. The van der Waals surface area contributed by atoms with Crippen molar-refractivity contribution in [3.8, 4) is 16.8 Å². The Morgan fingerprint density at radius 2 is 1.78 bits per heavy atom. The second-order valence-corrected chi connectivity index (χ2v) is 5.38. The number of nitrogens with zero attached hydrogens (tertiary/aromatic N) is 4. The van der Waals surface area contributed by atoms with Crippen LogP contribution in [0, 0.1) is 20.2 Å². The molecule has 1 heterocycles. The van der Waals surface area contributed by atoms with E-state index in [0.717, 1.165) is 16.8 Å². The summed E-state index contributed by atoms with van der Waals surface area (Å²) in [6.07, 6.45) is 1.44. The third kappa shape index (κ3) is 3.35. The Morgan fingerprint density at radius 1 is 1.07 bits per heavy atom. The molecular formula is C17H12N4O6. The molecule has 0 bridgehead atoms. The lowest BCUT2D eigenvalue weighted by molar-refractivity contribution is -0.394. The van der Waals surface area contributed by atoms with Gasteiger partial charge >= 0.3 is 11.7 Å². The number of non-ortho nitro benzene ring substituents is 1. The summed E-state index contributed by atoms with van der Waals surface area (Å²) >= 11 is 0. The summed E-state index contributed by atoms with van der Waals surface area (Å²) in [4.78, 5) is 32.9. The number of benzene rings is 2. The molecule has 27 heavy (non-hydrogen) atoms. The van der Waals surface area contributed by atoms with Crippen molar-refractivity contribution in [2.24, 2.45) is 0 Å². The number of aromatic nitrogens is 2. The third-order valence-electron chi connectivity index (χ3n) is 3.79. The van der Waals surface area contributed by atoms with Crippen LogP contribution in [0.3, 0.4) is 0 Å². The molecule has 3 aromatic rings. The molecule has 0 unspecified atom stereocenters. The molecule has 0 radical (unpaired) electrons. The highest BCUT2D eigenvalue weighted by molar-refractivity contribution is 5.95. The van der Waals surface area contributed by atoms with E-state index < -0.39 is 27.2 Å². The first kappa shape index (κ1) is 17.7. The first-order valence-corrected chi connectivity index (χ1v) is 7.59. The molecule has 1 aromatic heterocycles. The number of rotatable bonds is 5. The van der Waals surface area contributed by atoms with Crippen molar-refractivity contribution in [1.29, 1.82) is 0 Å². The van der Waals surface area contributed by atoms with Gasteiger partial charge in [-0.1, -0.05) is 30.3 Å². The molecule has 0 N–H and O–H groups in total. The smallest absolute Gasteiger partial charge is 0.359 e. The van der Waals surface area contributed by atoms with Gasteiger partial charge in [0.15, 0.2) is 5.69 Å². The minimum Gasteiger partial charge on any atom is -0.464 e. The van der Waals surface area contributed by atoms with E-state index in [1.807, 2.05) is 0 Å². The van der Waals surface area contributed by atoms with Crippen LogP contribution < -0.4 is 0 Å². The van der Waals surface area contributed by atoms with Gasteiger partial charge < -0.3 is 4.74 Å². The van der Waals surface area contributed by atoms with Crippen LogP contribution in [0.5, 0.6) is 0 Å². The minimum atomic E-state index is -0.746. The van der Waals surface area contributed by atoms with Crippen molar-refractivity contribution in [2.75, 3.05) is 7.11 Å².